The highest BCUT2D eigenvalue weighted by Crippen LogP contribution is 2.22. The molecule has 0 spiro atoms. The molecule has 1 aliphatic rings. The molecule has 1 saturated heterocycles. The summed E-state index contributed by atoms with van der Waals surface area (Å²) < 4.78 is 32.6. The zero-order valence-corrected chi connectivity index (χ0v) is 19.2. The van der Waals surface area contributed by atoms with Gasteiger partial charge in [-0.3, -0.25) is 0 Å². The molecule has 0 saturated carbocycles. The number of nitrogens with zero attached hydrogens (tertiary/aromatic N) is 3. The van der Waals surface area contributed by atoms with Crippen LogP contribution in [-0.4, -0.2) is 76.6 Å². The number of nitrogens with one attached hydrogen (secondary N) is 1. The minimum Gasteiger partial charge on any atom is -0.383 e. The summed E-state index contributed by atoms with van der Waals surface area (Å²) in [6, 6.07) is 6.98. The van der Waals surface area contributed by atoms with E-state index in [0.29, 0.717) is 30.2 Å². The normalized spacial score (nSPS) is 18.0. The van der Waals surface area contributed by atoms with Crippen LogP contribution in [0.4, 0.5) is 0 Å². The number of halogens is 1. The third kappa shape index (κ3) is 6.86. The van der Waals surface area contributed by atoms with Crippen molar-refractivity contribution in [2.24, 2.45) is 10.7 Å². The molecule has 1 aromatic carbocycles. The Morgan fingerprint density at radius 2 is 1.93 bits per heavy atom. The second-order valence-corrected chi connectivity index (χ2v) is 8.42. The summed E-state index contributed by atoms with van der Waals surface area (Å²) in [4.78, 5) is 6.70. The Balaban J connectivity index is 0.00000364. The van der Waals surface area contributed by atoms with Crippen molar-refractivity contribution in [2.45, 2.75) is 24.4 Å². The maximum atomic E-state index is 13.0. The first kappa shape index (κ1) is 24.1. The number of guanidine groups is 1. The van der Waals surface area contributed by atoms with Crippen LogP contribution in [-0.2, 0) is 21.3 Å². The highest BCUT2D eigenvalue weighted by Gasteiger charge is 2.29. The molecule has 0 bridgehead atoms. The van der Waals surface area contributed by atoms with E-state index in [1.165, 1.54) is 4.31 Å². The minimum atomic E-state index is -3.54. The third-order valence-corrected chi connectivity index (χ3v) is 6.28. The monoisotopic (exact) mass is 511 g/mol. The first-order valence-electron chi connectivity index (χ1n) is 8.66. The van der Waals surface area contributed by atoms with Gasteiger partial charge in [0.25, 0.3) is 0 Å². The van der Waals surface area contributed by atoms with E-state index in [1.54, 1.807) is 25.3 Å². The second kappa shape index (κ2) is 11.1. The number of piperazine rings is 1. The SMILES string of the molecule is COCC(C)NC(N)=NCc1ccccc1S(=O)(=O)N1CCN(C)CC1.I. The lowest BCUT2D eigenvalue weighted by Gasteiger charge is -2.32. The van der Waals surface area contributed by atoms with Crippen LogP contribution < -0.4 is 11.1 Å². The van der Waals surface area contributed by atoms with Crippen molar-refractivity contribution in [3.63, 3.8) is 0 Å². The number of likely N-dealkylation sites (N-methyl/N-ethyl adjacent to an activating group) is 1. The van der Waals surface area contributed by atoms with Gasteiger partial charge in [0.2, 0.25) is 10.0 Å². The standard InChI is InChI=1S/C17H29N5O3S.HI/c1-14(13-25-3)20-17(18)19-12-15-6-4-5-7-16(15)26(23,24)22-10-8-21(2)9-11-22;/h4-7,14H,8-13H2,1-3H3,(H3,18,19,20);1H. The lowest BCUT2D eigenvalue weighted by molar-refractivity contribution is 0.179. The molecule has 27 heavy (non-hydrogen) atoms. The van der Waals surface area contributed by atoms with E-state index in [1.807, 2.05) is 20.0 Å². The minimum absolute atomic E-state index is 0. The molecule has 3 N–H and O–H groups in total. The lowest BCUT2D eigenvalue weighted by atomic mass is 10.2. The van der Waals surface area contributed by atoms with Crippen molar-refractivity contribution in [1.82, 2.24) is 14.5 Å². The molecule has 8 nitrogen and oxygen atoms in total. The zero-order valence-electron chi connectivity index (χ0n) is 16.1. The summed E-state index contributed by atoms with van der Waals surface area (Å²) in [6.07, 6.45) is 0. The fourth-order valence-electron chi connectivity index (χ4n) is 2.81. The summed E-state index contributed by atoms with van der Waals surface area (Å²) in [5, 5.41) is 3.01. The fraction of sp³-hybridized carbons (Fsp3) is 0.588. The molecule has 10 heteroatoms. The van der Waals surface area contributed by atoms with Gasteiger partial charge in [-0.05, 0) is 25.6 Å². The fourth-order valence-corrected chi connectivity index (χ4v) is 4.45. The Bertz CT molecular complexity index is 721. The molecular formula is C17H30IN5O3S. The Morgan fingerprint density at radius 3 is 2.56 bits per heavy atom. The van der Waals surface area contributed by atoms with Crippen LogP contribution in [0.25, 0.3) is 0 Å². The van der Waals surface area contributed by atoms with Gasteiger partial charge in [-0.2, -0.15) is 4.31 Å². The number of hydrogen-bond acceptors (Lipinski definition) is 5. The van der Waals surface area contributed by atoms with E-state index in [9.17, 15) is 8.42 Å². The van der Waals surface area contributed by atoms with Crippen LogP contribution in [0, 0.1) is 0 Å². The Kier molecular flexibility index (Phi) is 9.95. The smallest absolute Gasteiger partial charge is 0.243 e. The van der Waals surface area contributed by atoms with Crippen molar-refractivity contribution in [3.8, 4) is 0 Å². The molecule has 1 heterocycles. The summed E-state index contributed by atoms with van der Waals surface area (Å²) in [6.45, 7) is 5.08. The van der Waals surface area contributed by atoms with Gasteiger partial charge in [-0.25, -0.2) is 13.4 Å². The zero-order chi connectivity index (χ0) is 19.2. The molecule has 1 atom stereocenters. The van der Waals surface area contributed by atoms with Crippen LogP contribution in [0.1, 0.15) is 12.5 Å². The average Bonchev–Trinajstić information content (AvgIpc) is 2.60. The van der Waals surface area contributed by atoms with Gasteiger partial charge in [0, 0.05) is 39.3 Å². The van der Waals surface area contributed by atoms with Gasteiger partial charge in [-0.15, -0.1) is 24.0 Å². The highest BCUT2D eigenvalue weighted by molar-refractivity contribution is 14.0. The molecule has 1 aliphatic heterocycles. The van der Waals surface area contributed by atoms with Crippen LogP contribution in [0.15, 0.2) is 34.2 Å². The summed E-state index contributed by atoms with van der Waals surface area (Å²) in [7, 11) is 0.0696. The highest BCUT2D eigenvalue weighted by atomic mass is 127. The van der Waals surface area contributed by atoms with Crippen molar-refractivity contribution < 1.29 is 13.2 Å². The predicted molar refractivity (Wildman–Crippen MR) is 118 cm³/mol. The first-order chi connectivity index (χ1) is 12.3. The van der Waals surface area contributed by atoms with E-state index in [-0.39, 0.29) is 42.5 Å². The van der Waals surface area contributed by atoms with Crippen molar-refractivity contribution in [3.05, 3.63) is 29.8 Å². The predicted octanol–water partition coefficient (Wildman–Crippen LogP) is 0.680. The Hall–Kier alpha value is -0.950. The quantitative estimate of drug-likeness (QED) is 0.318. The van der Waals surface area contributed by atoms with E-state index in [0.717, 1.165) is 13.1 Å². The summed E-state index contributed by atoms with van der Waals surface area (Å²) in [5.41, 5.74) is 6.52. The molecule has 2 rings (SSSR count). The maximum Gasteiger partial charge on any atom is 0.243 e. The molecule has 1 unspecified atom stereocenters. The van der Waals surface area contributed by atoms with Crippen molar-refractivity contribution in [1.29, 1.82) is 0 Å². The number of benzene rings is 1. The van der Waals surface area contributed by atoms with E-state index in [4.69, 9.17) is 10.5 Å². The van der Waals surface area contributed by atoms with Gasteiger partial charge in [0.05, 0.1) is 18.0 Å². The largest absolute Gasteiger partial charge is 0.383 e. The molecule has 0 aliphatic carbocycles. The van der Waals surface area contributed by atoms with E-state index < -0.39 is 10.0 Å². The number of ether oxygens (including phenoxy) is 1. The first-order valence-corrected chi connectivity index (χ1v) is 10.1. The third-order valence-electron chi connectivity index (χ3n) is 4.28. The molecule has 0 amide bonds. The summed E-state index contributed by atoms with van der Waals surface area (Å²) >= 11 is 0. The van der Waals surface area contributed by atoms with Gasteiger partial charge in [0.15, 0.2) is 5.96 Å². The van der Waals surface area contributed by atoms with Crippen molar-refractivity contribution >= 4 is 40.0 Å². The molecular weight excluding hydrogens is 481 g/mol. The van der Waals surface area contributed by atoms with Crippen LogP contribution in [0.3, 0.4) is 0 Å². The number of aliphatic imine (C=N–C) groups is 1. The number of hydrogen-bond donors (Lipinski definition) is 2. The van der Waals surface area contributed by atoms with Gasteiger partial charge < -0.3 is 20.7 Å². The molecule has 1 fully saturated rings. The summed E-state index contributed by atoms with van der Waals surface area (Å²) in [5.74, 6) is 0.265. The van der Waals surface area contributed by atoms with Gasteiger partial charge in [-0.1, -0.05) is 18.2 Å². The average molecular weight is 511 g/mol. The Morgan fingerprint density at radius 1 is 1.30 bits per heavy atom. The number of rotatable bonds is 7. The lowest BCUT2D eigenvalue weighted by Crippen LogP contribution is -2.47. The maximum absolute atomic E-state index is 13.0. The second-order valence-electron chi connectivity index (χ2n) is 6.52. The van der Waals surface area contributed by atoms with E-state index in [2.05, 4.69) is 15.2 Å². The van der Waals surface area contributed by atoms with Crippen molar-refractivity contribution in [2.75, 3.05) is 46.9 Å². The van der Waals surface area contributed by atoms with Crippen LogP contribution >= 0.6 is 24.0 Å². The molecule has 154 valence electrons. The number of nitrogens with two attached hydrogens (primary N) is 1. The molecule has 0 radical (unpaired) electrons. The van der Waals surface area contributed by atoms with Crippen LogP contribution in [0.5, 0.6) is 0 Å². The Labute approximate surface area is 179 Å². The number of methoxy groups -OCH3 is 1. The van der Waals surface area contributed by atoms with Gasteiger partial charge >= 0.3 is 0 Å². The van der Waals surface area contributed by atoms with Crippen LogP contribution in [0.2, 0.25) is 0 Å². The molecule has 1 aromatic rings. The van der Waals surface area contributed by atoms with Gasteiger partial charge in [0.1, 0.15) is 0 Å². The topological polar surface area (TPSA) is 100 Å². The molecule has 0 aromatic heterocycles. The number of sulfonamides is 1. The van der Waals surface area contributed by atoms with E-state index >= 15 is 0 Å².